The molecule has 1 aliphatic rings. The van der Waals surface area contributed by atoms with Crippen LogP contribution in [0.3, 0.4) is 0 Å². The molecule has 6 heteroatoms. The fourth-order valence-corrected chi connectivity index (χ4v) is 2.97. The van der Waals surface area contributed by atoms with Crippen LogP contribution in [-0.4, -0.2) is 43.1 Å². The molecule has 0 fully saturated rings. The smallest absolute Gasteiger partial charge is 0.338 e. The van der Waals surface area contributed by atoms with Crippen LogP contribution in [0.1, 0.15) is 32.4 Å². The number of benzene rings is 1. The van der Waals surface area contributed by atoms with E-state index in [0.717, 1.165) is 17.7 Å². The molecule has 1 aromatic rings. The summed E-state index contributed by atoms with van der Waals surface area (Å²) < 4.78 is 5.27. The Balaban J connectivity index is 2.45. The van der Waals surface area contributed by atoms with E-state index in [9.17, 15) is 9.59 Å². The van der Waals surface area contributed by atoms with Crippen molar-refractivity contribution in [3.63, 3.8) is 0 Å². The number of nitrogens with zero attached hydrogens (tertiary/aromatic N) is 1. The van der Waals surface area contributed by atoms with Crippen molar-refractivity contribution in [2.75, 3.05) is 26.2 Å². The van der Waals surface area contributed by atoms with Gasteiger partial charge >= 0.3 is 12.0 Å². The Hall–Kier alpha value is -2.60. The van der Waals surface area contributed by atoms with Crippen LogP contribution in [-0.2, 0) is 9.53 Å². The van der Waals surface area contributed by atoms with Crippen LogP contribution in [0.5, 0.6) is 0 Å². The average Bonchev–Trinajstić information content (AvgIpc) is 2.61. The summed E-state index contributed by atoms with van der Waals surface area (Å²) in [6.45, 7) is 11.9. The molecule has 0 saturated heterocycles. The summed E-state index contributed by atoms with van der Waals surface area (Å²) in [4.78, 5) is 27.0. The normalized spacial score (nSPS) is 16.9. The van der Waals surface area contributed by atoms with E-state index >= 15 is 0 Å². The van der Waals surface area contributed by atoms with E-state index < -0.39 is 12.0 Å². The maximum Gasteiger partial charge on any atom is 0.338 e. The minimum absolute atomic E-state index is 0.272. The highest BCUT2D eigenvalue weighted by Crippen LogP contribution is 2.28. The number of amides is 2. The Morgan fingerprint density at radius 3 is 2.54 bits per heavy atom. The van der Waals surface area contributed by atoms with E-state index in [2.05, 4.69) is 22.1 Å². The first kappa shape index (κ1) is 19.7. The second-order valence-corrected chi connectivity index (χ2v) is 6.32. The van der Waals surface area contributed by atoms with Gasteiger partial charge in [0.15, 0.2) is 0 Å². The standard InChI is InChI=1S/C20H27N3O3/c1-5-23(12-14(3)4)13-16-17(19(24)26-6-2)18(22-20(25)21-16)15-10-8-7-9-11-15/h7-11,18H,3,5-6,12-13H2,1-2,4H3,(H2,21,22,25)/t18-/m1/s1. The molecular weight excluding hydrogens is 330 g/mol. The van der Waals surface area contributed by atoms with Gasteiger partial charge in [0.1, 0.15) is 0 Å². The van der Waals surface area contributed by atoms with Crippen molar-refractivity contribution in [2.24, 2.45) is 0 Å². The maximum absolute atomic E-state index is 12.7. The van der Waals surface area contributed by atoms with Crippen LogP contribution in [0.15, 0.2) is 53.8 Å². The van der Waals surface area contributed by atoms with Gasteiger partial charge in [-0.1, -0.05) is 49.4 Å². The van der Waals surface area contributed by atoms with Gasteiger partial charge in [0.25, 0.3) is 0 Å². The molecular formula is C20H27N3O3. The van der Waals surface area contributed by atoms with E-state index in [1.165, 1.54) is 0 Å². The quantitative estimate of drug-likeness (QED) is 0.554. The summed E-state index contributed by atoms with van der Waals surface area (Å²) >= 11 is 0. The Morgan fingerprint density at radius 2 is 1.96 bits per heavy atom. The van der Waals surface area contributed by atoms with Crippen molar-refractivity contribution in [1.29, 1.82) is 0 Å². The maximum atomic E-state index is 12.7. The molecule has 0 radical (unpaired) electrons. The van der Waals surface area contributed by atoms with Crippen LogP contribution in [0.25, 0.3) is 0 Å². The van der Waals surface area contributed by atoms with Crippen LogP contribution < -0.4 is 10.6 Å². The molecule has 140 valence electrons. The predicted octanol–water partition coefficient (Wildman–Crippen LogP) is 2.76. The van der Waals surface area contributed by atoms with Gasteiger partial charge in [0.2, 0.25) is 0 Å². The molecule has 1 aliphatic heterocycles. The number of hydrogen-bond donors (Lipinski definition) is 2. The molecule has 2 amide bonds. The summed E-state index contributed by atoms with van der Waals surface area (Å²) in [6, 6.07) is 8.57. The third-order valence-electron chi connectivity index (χ3n) is 4.10. The van der Waals surface area contributed by atoms with Crippen molar-refractivity contribution in [3.8, 4) is 0 Å². The molecule has 1 aromatic carbocycles. The minimum Gasteiger partial charge on any atom is -0.463 e. The predicted molar refractivity (Wildman–Crippen MR) is 101 cm³/mol. The lowest BCUT2D eigenvalue weighted by Gasteiger charge is -2.32. The summed E-state index contributed by atoms with van der Waals surface area (Å²) in [7, 11) is 0. The molecule has 1 atom stereocenters. The first-order valence-electron chi connectivity index (χ1n) is 8.85. The highest BCUT2D eigenvalue weighted by molar-refractivity contribution is 5.95. The molecule has 0 unspecified atom stereocenters. The third-order valence-corrected chi connectivity index (χ3v) is 4.10. The van der Waals surface area contributed by atoms with Crippen LogP contribution in [0.2, 0.25) is 0 Å². The number of ether oxygens (including phenoxy) is 1. The summed E-state index contributed by atoms with van der Waals surface area (Å²) in [6.07, 6.45) is 0. The van der Waals surface area contributed by atoms with E-state index in [4.69, 9.17) is 4.74 Å². The topological polar surface area (TPSA) is 70.7 Å². The van der Waals surface area contributed by atoms with E-state index in [0.29, 0.717) is 24.4 Å². The van der Waals surface area contributed by atoms with Gasteiger partial charge < -0.3 is 15.4 Å². The summed E-state index contributed by atoms with van der Waals surface area (Å²) in [5, 5.41) is 5.64. The lowest BCUT2D eigenvalue weighted by molar-refractivity contribution is -0.139. The van der Waals surface area contributed by atoms with Crippen LogP contribution in [0.4, 0.5) is 4.79 Å². The fourth-order valence-electron chi connectivity index (χ4n) is 2.97. The molecule has 2 rings (SSSR count). The zero-order valence-electron chi connectivity index (χ0n) is 15.7. The molecule has 0 aromatic heterocycles. The highest BCUT2D eigenvalue weighted by Gasteiger charge is 2.34. The SMILES string of the molecule is C=C(C)CN(CC)CC1=C(C(=O)OCC)[C@@H](c2ccccc2)NC(=O)N1. The largest absolute Gasteiger partial charge is 0.463 e. The number of rotatable bonds is 8. The number of likely N-dealkylation sites (N-methyl/N-ethyl adjacent to an activating group) is 1. The van der Waals surface area contributed by atoms with E-state index in [1.54, 1.807) is 6.92 Å². The molecule has 0 spiro atoms. The third kappa shape index (κ3) is 4.95. The second-order valence-electron chi connectivity index (χ2n) is 6.32. The van der Waals surface area contributed by atoms with E-state index in [1.807, 2.05) is 44.2 Å². The fraction of sp³-hybridized carbons (Fsp3) is 0.400. The van der Waals surface area contributed by atoms with Gasteiger partial charge in [0, 0.05) is 18.8 Å². The highest BCUT2D eigenvalue weighted by atomic mass is 16.5. The van der Waals surface area contributed by atoms with Gasteiger partial charge in [0.05, 0.1) is 18.2 Å². The Morgan fingerprint density at radius 1 is 1.27 bits per heavy atom. The molecule has 0 saturated carbocycles. The summed E-state index contributed by atoms with van der Waals surface area (Å²) in [5.74, 6) is -0.421. The zero-order chi connectivity index (χ0) is 19.1. The Kier molecular flexibility index (Phi) is 6.97. The first-order valence-corrected chi connectivity index (χ1v) is 8.85. The molecule has 6 nitrogen and oxygen atoms in total. The van der Waals surface area contributed by atoms with Crippen molar-refractivity contribution in [2.45, 2.75) is 26.8 Å². The van der Waals surface area contributed by atoms with Gasteiger partial charge in [-0.15, -0.1) is 0 Å². The van der Waals surface area contributed by atoms with Crippen molar-refractivity contribution in [1.82, 2.24) is 15.5 Å². The molecule has 2 N–H and O–H groups in total. The van der Waals surface area contributed by atoms with Crippen molar-refractivity contribution in [3.05, 3.63) is 59.3 Å². The van der Waals surface area contributed by atoms with Crippen molar-refractivity contribution < 1.29 is 14.3 Å². The monoisotopic (exact) mass is 357 g/mol. The van der Waals surface area contributed by atoms with Gasteiger partial charge in [-0.05, 0) is 26.0 Å². The first-order chi connectivity index (χ1) is 12.5. The zero-order valence-corrected chi connectivity index (χ0v) is 15.7. The minimum atomic E-state index is -0.539. The number of urea groups is 1. The van der Waals surface area contributed by atoms with E-state index in [-0.39, 0.29) is 12.6 Å². The summed E-state index contributed by atoms with van der Waals surface area (Å²) in [5.41, 5.74) is 2.87. The molecule has 26 heavy (non-hydrogen) atoms. The van der Waals surface area contributed by atoms with Crippen LogP contribution in [0, 0.1) is 0 Å². The van der Waals surface area contributed by atoms with Crippen LogP contribution >= 0.6 is 0 Å². The molecule has 0 bridgehead atoms. The lowest BCUT2D eigenvalue weighted by Crippen LogP contribution is -2.48. The Bertz CT molecular complexity index is 698. The van der Waals surface area contributed by atoms with Crippen molar-refractivity contribution >= 4 is 12.0 Å². The molecule has 0 aliphatic carbocycles. The van der Waals surface area contributed by atoms with Gasteiger partial charge in [-0.3, -0.25) is 4.90 Å². The Labute approximate surface area is 154 Å². The number of carbonyl (C=O) groups is 2. The van der Waals surface area contributed by atoms with Gasteiger partial charge in [-0.25, -0.2) is 9.59 Å². The molecule has 1 heterocycles. The number of nitrogens with one attached hydrogen (secondary N) is 2. The number of carbonyl (C=O) groups excluding carboxylic acids is 2. The second kappa shape index (κ2) is 9.20. The number of hydrogen-bond acceptors (Lipinski definition) is 4. The van der Waals surface area contributed by atoms with Gasteiger partial charge in [-0.2, -0.15) is 0 Å². The average molecular weight is 357 g/mol. The lowest BCUT2D eigenvalue weighted by atomic mass is 9.95. The number of esters is 1.